The summed E-state index contributed by atoms with van der Waals surface area (Å²) in [6, 6.07) is 15.1. The number of phenols is 2. The SMILES string of the molecule is CC1(C)CC(c2ccccc2)(c2cc(O)ccc2O)C1. The first-order chi connectivity index (χ1) is 9.43. The maximum atomic E-state index is 10.3. The fraction of sp³-hybridized carbons (Fsp3) is 0.333. The standard InChI is InChI=1S/C18H20O2/c1-17(2)11-18(12-17,13-6-4-3-5-7-13)15-10-14(19)8-9-16(15)20/h3-10,19-20H,11-12H2,1-2H3. The fourth-order valence-electron chi connectivity index (χ4n) is 3.80. The summed E-state index contributed by atoms with van der Waals surface area (Å²) >= 11 is 0. The van der Waals surface area contributed by atoms with Crippen LogP contribution >= 0.6 is 0 Å². The van der Waals surface area contributed by atoms with Gasteiger partial charge in [0.2, 0.25) is 0 Å². The van der Waals surface area contributed by atoms with Crippen LogP contribution in [0.3, 0.4) is 0 Å². The second kappa shape index (κ2) is 4.27. The van der Waals surface area contributed by atoms with E-state index >= 15 is 0 Å². The zero-order chi connectivity index (χ0) is 14.4. The molecule has 0 radical (unpaired) electrons. The molecule has 104 valence electrons. The largest absolute Gasteiger partial charge is 0.508 e. The summed E-state index contributed by atoms with van der Waals surface area (Å²) in [5.74, 6) is 0.472. The smallest absolute Gasteiger partial charge is 0.119 e. The van der Waals surface area contributed by atoms with E-state index in [2.05, 4.69) is 26.0 Å². The van der Waals surface area contributed by atoms with Gasteiger partial charge in [-0.2, -0.15) is 0 Å². The third kappa shape index (κ3) is 1.96. The van der Waals surface area contributed by atoms with E-state index in [1.807, 2.05) is 18.2 Å². The van der Waals surface area contributed by atoms with E-state index in [1.165, 1.54) is 11.6 Å². The lowest BCUT2D eigenvalue weighted by Gasteiger charge is -2.54. The van der Waals surface area contributed by atoms with Crippen LogP contribution in [0.1, 0.15) is 37.8 Å². The maximum Gasteiger partial charge on any atom is 0.119 e. The molecule has 0 spiro atoms. The van der Waals surface area contributed by atoms with Gasteiger partial charge >= 0.3 is 0 Å². The first-order valence-electron chi connectivity index (χ1n) is 7.01. The van der Waals surface area contributed by atoms with Crippen LogP contribution in [0, 0.1) is 5.41 Å². The number of hydrogen-bond donors (Lipinski definition) is 2. The highest BCUT2D eigenvalue weighted by molar-refractivity contribution is 5.52. The highest BCUT2D eigenvalue weighted by Crippen LogP contribution is 2.60. The highest BCUT2D eigenvalue weighted by Gasteiger charge is 2.52. The average Bonchev–Trinajstić information content (AvgIpc) is 2.39. The molecule has 0 heterocycles. The fourth-order valence-corrected chi connectivity index (χ4v) is 3.80. The monoisotopic (exact) mass is 268 g/mol. The Morgan fingerprint density at radius 3 is 2.15 bits per heavy atom. The van der Waals surface area contributed by atoms with E-state index in [1.54, 1.807) is 12.1 Å². The van der Waals surface area contributed by atoms with Crippen LogP contribution in [0.5, 0.6) is 11.5 Å². The Labute approximate surface area is 119 Å². The van der Waals surface area contributed by atoms with E-state index < -0.39 is 0 Å². The van der Waals surface area contributed by atoms with Crippen LogP contribution in [0.25, 0.3) is 0 Å². The second-order valence-corrected chi connectivity index (χ2v) is 6.67. The van der Waals surface area contributed by atoms with Crippen molar-refractivity contribution in [3.05, 3.63) is 59.7 Å². The third-order valence-corrected chi connectivity index (χ3v) is 4.38. The predicted molar refractivity (Wildman–Crippen MR) is 80.0 cm³/mol. The van der Waals surface area contributed by atoms with Gasteiger partial charge in [0, 0.05) is 11.0 Å². The molecule has 0 aromatic heterocycles. The van der Waals surface area contributed by atoms with Crippen molar-refractivity contribution in [3.63, 3.8) is 0 Å². The molecule has 0 bridgehead atoms. The first-order valence-corrected chi connectivity index (χ1v) is 7.01. The Balaban J connectivity index is 2.15. The van der Waals surface area contributed by atoms with Gasteiger partial charge in [-0.1, -0.05) is 44.2 Å². The number of hydrogen-bond acceptors (Lipinski definition) is 2. The van der Waals surface area contributed by atoms with E-state index in [4.69, 9.17) is 0 Å². The Hall–Kier alpha value is -1.96. The molecule has 0 atom stereocenters. The summed E-state index contributed by atoms with van der Waals surface area (Å²) < 4.78 is 0. The van der Waals surface area contributed by atoms with E-state index in [0.29, 0.717) is 0 Å². The minimum atomic E-state index is -0.187. The molecular weight excluding hydrogens is 248 g/mol. The van der Waals surface area contributed by atoms with Crippen LogP contribution in [-0.2, 0) is 5.41 Å². The van der Waals surface area contributed by atoms with Gasteiger partial charge in [-0.3, -0.25) is 0 Å². The van der Waals surface area contributed by atoms with Crippen LogP contribution in [0.4, 0.5) is 0 Å². The molecule has 1 fully saturated rings. The molecule has 2 nitrogen and oxygen atoms in total. The number of benzene rings is 2. The zero-order valence-electron chi connectivity index (χ0n) is 11.9. The van der Waals surface area contributed by atoms with Gasteiger partial charge in [0.05, 0.1) is 0 Å². The minimum absolute atomic E-state index is 0.187. The van der Waals surface area contributed by atoms with Crippen LogP contribution < -0.4 is 0 Å². The molecule has 2 aromatic rings. The molecule has 0 saturated heterocycles. The van der Waals surface area contributed by atoms with Crippen molar-refractivity contribution in [3.8, 4) is 11.5 Å². The minimum Gasteiger partial charge on any atom is -0.508 e. The van der Waals surface area contributed by atoms with Crippen molar-refractivity contribution in [2.75, 3.05) is 0 Å². The van der Waals surface area contributed by atoms with E-state index in [9.17, 15) is 10.2 Å². The molecule has 1 aliphatic carbocycles. The van der Waals surface area contributed by atoms with Gasteiger partial charge in [0.15, 0.2) is 0 Å². The summed E-state index contributed by atoms with van der Waals surface area (Å²) in [5, 5.41) is 20.0. The van der Waals surface area contributed by atoms with Gasteiger partial charge in [0.1, 0.15) is 11.5 Å². The molecule has 0 unspecified atom stereocenters. The average molecular weight is 268 g/mol. The normalized spacial score (nSPS) is 19.3. The second-order valence-electron chi connectivity index (χ2n) is 6.67. The Morgan fingerprint density at radius 1 is 0.900 bits per heavy atom. The molecule has 2 aromatic carbocycles. The van der Waals surface area contributed by atoms with Crippen LogP contribution in [0.15, 0.2) is 48.5 Å². The highest BCUT2D eigenvalue weighted by atomic mass is 16.3. The molecule has 1 saturated carbocycles. The summed E-state index contributed by atoms with van der Waals surface area (Å²) in [5.41, 5.74) is 2.12. The molecule has 1 aliphatic rings. The molecular formula is C18H20O2. The maximum absolute atomic E-state index is 10.3. The van der Waals surface area contributed by atoms with E-state index in [0.717, 1.165) is 18.4 Å². The first kappa shape index (κ1) is 13.0. The van der Waals surface area contributed by atoms with Crippen molar-refractivity contribution < 1.29 is 10.2 Å². The third-order valence-electron chi connectivity index (χ3n) is 4.38. The molecule has 20 heavy (non-hydrogen) atoms. The van der Waals surface area contributed by atoms with Gasteiger partial charge in [0.25, 0.3) is 0 Å². The Morgan fingerprint density at radius 2 is 1.55 bits per heavy atom. The summed E-state index contributed by atoms with van der Waals surface area (Å²) in [6.45, 7) is 4.49. The van der Waals surface area contributed by atoms with Crippen molar-refractivity contribution in [1.29, 1.82) is 0 Å². The van der Waals surface area contributed by atoms with Crippen LogP contribution in [0.2, 0.25) is 0 Å². The van der Waals surface area contributed by atoms with Gasteiger partial charge in [-0.05, 0) is 42.0 Å². The molecule has 2 N–H and O–H groups in total. The quantitative estimate of drug-likeness (QED) is 0.801. The molecule has 2 heteroatoms. The Bertz CT molecular complexity index is 621. The van der Waals surface area contributed by atoms with Gasteiger partial charge in [-0.25, -0.2) is 0 Å². The van der Waals surface area contributed by atoms with Crippen molar-refractivity contribution >= 4 is 0 Å². The van der Waals surface area contributed by atoms with Gasteiger partial charge < -0.3 is 10.2 Å². The number of aromatic hydroxyl groups is 2. The van der Waals surface area contributed by atoms with Gasteiger partial charge in [-0.15, -0.1) is 0 Å². The van der Waals surface area contributed by atoms with Crippen molar-refractivity contribution in [2.45, 2.75) is 32.1 Å². The number of rotatable bonds is 2. The van der Waals surface area contributed by atoms with Crippen molar-refractivity contribution in [2.24, 2.45) is 5.41 Å². The zero-order valence-corrected chi connectivity index (χ0v) is 11.9. The van der Waals surface area contributed by atoms with Crippen molar-refractivity contribution in [1.82, 2.24) is 0 Å². The van der Waals surface area contributed by atoms with Crippen LogP contribution in [-0.4, -0.2) is 10.2 Å². The molecule has 0 aliphatic heterocycles. The summed E-state index contributed by atoms with van der Waals surface area (Å²) in [6.07, 6.45) is 1.95. The van der Waals surface area contributed by atoms with E-state index in [-0.39, 0.29) is 22.3 Å². The lowest BCUT2D eigenvalue weighted by molar-refractivity contribution is 0.0860. The topological polar surface area (TPSA) is 40.5 Å². The summed E-state index contributed by atoms with van der Waals surface area (Å²) in [4.78, 5) is 0. The molecule has 3 rings (SSSR count). The Kier molecular flexibility index (Phi) is 2.79. The summed E-state index contributed by atoms with van der Waals surface area (Å²) in [7, 11) is 0. The number of phenolic OH excluding ortho intramolecular Hbond substituents is 2. The lowest BCUT2D eigenvalue weighted by atomic mass is 9.49. The lowest BCUT2D eigenvalue weighted by Crippen LogP contribution is -2.47. The predicted octanol–water partition coefficient (Wildman–Crippen LogP) is 4.20. The molecule has 0 amide bonds.